The highest BCUT2D eigenvalue weighted by Crippen LogP contribution is 2.76. The van der Waals surface area contributed by atoms with Crippen LogP contribution in [0.15, 0.2) is 11.6 Å². The van der Waals surface area contributed by atoms with Crippen LogP contribution >= 0.6 is 0 Å². The van der Waals surface area contributed by atoms with Crippen LogP contribution in [0, 0.1) is 35.5 Å². The van der Waals surface area contributed by atoms with Crippen LogP contribution in [0.4, 0.5) is 0 Å². The molecule has 2 aliphatic carbocycles. The maximum Gasteiger partial charge on any atom is -0.0234 e. The summed E-state index contributed by atoms with van der Waals surface area (Å²) in [6.45, 7) is 11.9. The first-order valence-corrected chi connectivity index (χ1v) is 9.34. The van der Waals surface area contributed by atoms with Gasteiger partial charge in [0.25, 0.3) is 0 Å². The van der Waals surface area contributed by atoms with Crippen molar-refractivity contribution in [2.75, 3.05) is 0 Å². The molecule has 0 aromatic rings. The summed E-state index contributed by atoms with van der Waals surface area (Å²) in [7, 11) is 0. The molecule has 2 aliphatic rings. The predicted molar refractivity (Wildman–Crippen MR) is 89.7 cm³/mol. The number of rotatable bonds is 10. The first kappa shape index (κ1) is 16.1. The summed E-state index contributed by atoms with van der Waals surface area (Å²) in [4.78, 5) is 0. The lowest BCUT2D eigenvalue weighted by molar-refractivity contribution is 0.318. The highest BCUT2D eigenvalue weighted by atomic mass is 14.8. The SMILES string of the molecule is CCCCC(CC=C(CCC)C(C)CC)C1C2C(C)C12. The molecule has 0 bridgehead atoms. The van der Waals surface area contributed by atoms with E-state index in [1.54, 1.807) is 5.57 Å². The number of allylic oxidation sites excluding steroid dienone is 2. The standard InChI is InChI=1S/C20H36/c1-6-9-11-17(20-18-15(5)19(18)20)13-12-16(10-7-2)14(4)8-3/h12,14-15,17-20H,6-11,13H2,1-5H3. The summed E-state index contributed by atoms with van der Waals surface area (Å²) in [5.41, 5.74) is 1.75. The minimum Gasteiger partial charge on any atom is -0.0848 e. The Morgan fingerprint density at radius 3 is 2.30 bits per heavy atom. The van der Waals surface area contributed by atoms with Gasteiger partial charge in [0, 0.05) is 0 Å². The molecule has 0 spiro atoms. The van der Waals surface area contributed by atoms with E-state index in [4.69, 9.17) is 0 Å². The van der Waals surface area contributed by atoms with Crippen molar-refractivity contribution < 1.29 is 0 Å². The van der Waals surface area contributed by atoms with E-state index in [9.17, 15) is 0 Å². The third-order valence-electron chi connectivity index (χ3n) is 6.21. The van der Waals surface area contributed by atoms with Crippen molar-refractivity contribution in [2.45, 2.75) is 79.6 Å². The van der Waals surface area contributed by atoms with Crippen LogP contribution in [0.2, 0.25) is 0 Å². The van der Waals surface area contributed by atoms with Crippen molar-refractivity contribution in [2.24, 2.45) is 35.5 Å². The smallest absolute Gasteiger partial charge is 0.0234 e. The number of unbranched alkanes of at least 4 members (excludes halogenated alkanes) is 1. The summed E-state index contributed by atoms with van der Waals surface area (Å²) in [6.07, 6.45) is 12.3. The Kier molecular flexibility index (Phi) is 5.75. The van der Waals surface area contributed by atoms with E-state index in [0.29, 0.717) is 0 Å². The first-order chi connectivity index (χ1) is 9.65. The Hall–Kier alpha value is -0.260. The molecule has 0 nitrogen and oxygen atoms in total. The van der Waals surface area contributed by atoms with Crippen LogP contribution in [0.5, 0.6) is 0 Å². The zero-order valence-corrected chi connectivity index (χ0v) is 14.5. The fraction of sp³-hybridized carbons (Fsp3) is 0.900. The van der Waals surface area contributed by atoms with Crippen molar-refractivity contribution >= 4 is 0 Å². The molecule has 0 radical (unpaired) electrons. The van der Waals surface area contributed by atoms with Crippen LogP contribution in [-0.4, -0.2) is 0 Å². The third kappa shape index (κ3) is 3.49. The van der Waals surface area contributed by atoms with Crippen LogP contribution < -0.4 is 0 Å². The van der Waals surface area contributed by atoms with Crippen LogP contribution in [0.1, 0.15) is 79.6 Å². The van der Waals surface area contributed by atoms with Gasteiger partial charge in [-0.1, -0.05) is 65.5 Å². The molecule has 0 heterocycles. The number of hydrogen-bond donors (Lipinski definition) is 0. The summed E-state index contributed by atoms with van der Waals surface area (Å²) in [5, 5.41) is 0. The van der Waals surface area contributed by atoms with Gasteiger partial charge in [-0.15, -0.1) is 0 Å². The molecule has 2 fully saturated rings. The lowest BCUT2D eigenvalue weighted by atomic mass is 9.84. The molecule has 0 heteroatoms. The fourth-order valence-corrected chi connectivity index (χ4v) is 4.43. The molecule has 2 saturated carbocycles. The maximum absolute atomic E-state index is 2.65. The second-order valence-electron chi connectivity index (χ2n) is 7.57. The predicted octanol–water partition coefficient (Wildman–Crippen LogP) is 6.47. The average Bonchev–Trinajstić information content (AvgIpc) is 3.35. The molecule has 20 heavy (non-hydrogen) atoms. The Morgan fingerprint density at radius 1 is 1.10 bits per heavy atom. The van der Waals surface area contributed by atoms with Gasteiger partial charge in [-0.3, -0.25) is 0 Å². The summed E-state index contributed by atoms with van der Waals surface area (Å²) in [5.74, 6) is 6.30. The fourth-order valence-electron chi connectivity index (χ4n) is 4.43. The Labute approximate surface area is 127 Å². The Bertz CT molecular complexity index is 317. The van der Waals surface area contributed by atoms with E-state index in [-0.39, 0.29) is 0 Å². The normalized spacial score (nSPS) is 34.5. The zero-order valence-electron chi connectivity index (χ0n) is 14.5. The molecule has 0 aromatic carbocycles. The van der Waals surface area contributed by atoms with Gasteiger partial charge in [0.2, 0.25) is 0 Å². The van der Waals surface area contributed by atoms with Crippen molar-refractivity contribution in [3.8, 4) is 0 Å². The molecule has 0 saturated heterocycles. The molecule has 0 amide bonds. The number of hydrogen-bond acceptors (Lipinski definition) is 0. The van der Waals surface area contributed by atoms with Gasteiger partial charge in [-0.25, -0.2) is 0 Å². The molecule has 0 aromatic heterocycles. The summed E-state index contributed by atoms with van der Waals surface area (Å²) >= 11 is 0. The monoisotopic (exact) mass is 276 g/mol. The van der Waals surface area contributed by atoms with Gasteiger partial charge in [-0.2, -0.15) is 0 Å². The van der Waals surface area contributed by atoms with Crippen molar-refractivity contribution in [3.63, 3.8) is 0 Å². The van der Waals surface area contributed by atoms with Crippen molar-refractivity contribution in [3.05, 3.63) is 11.6 Å². The number of fused-ring (bicyclic) bond motifs is 1. The van der Waals surface area contributed by atoms with E-state index in [2.05, 4.69) is 40.7 Å². The van der Waals surface area contributed by atoms with Gasteiger partial charge in [0.05, 0.1) is 0 Å². The molecule has 4 unspecified atom stereocenters. The van der Waals surface area contributed by atoms with E-state index in [1.807, 2.05) is 0 Å². The van der Waals surface area contributed by atoms with Gasteiger partial charge < -0.3 is 0 Å². The molecule has 116 valence electrons. The van der Waals surface area contributed by atoms with Gasteiger partial charge in [-0.05, 0) is 61.2 Å². The lowest BCUT2D eigenvalue weighted by Gasteiger charge is -2.22. The van der Waals surface area contributed by atoms with Crippen molar-refractivity contribution in [1.82, 2.24) is 0 Å². The van der Waals surface area contributed by atoms with Gasteiger partial charge in [0.1, 0.15) is 0 Å². The topological polar surface area (TPSA) is 0 Å². The molecular formula is C20H36. The van der Waals surface area contributed by atoms with E-state index in [0.717, 1.165) is 35.5 Å². The van der Waals surface area contributed by atoms with E-state index < -0.39 is 0 Å². The maximum atomic E-state index is 2.65. The third-order valence-corrected chi connectivity index (χ3v) is 6.21. The molecule has 0 aliphatic heterocycles. The molecule has 4 atom stereocenters. The van der Waals surface area contributed by atoms with Crippen molar-refractivity contribution in [1.29, 1.82) is 0 Å². The van der Waals surface area contributed by atoms with Crippen LogP contribution in [0.25, 0.3) is 0 Å². The lowest BCUT2D eigenvalue weighted by Crippen LogP contribution is -2.12. The highest BCUT2D eigenvalue weighted by molar-refractivity contribution is 5.20. The second kappa shape index (κ2) is 7.14. The molecular weight excluding hydrogens is 240 g/mol. The van der Waals surface area contributed by atoms with Gasteiger partial charge >= 0.3 is 0 Å². The average molecular weight is 277 g/mol. The molecule has 2 rings (SSSR count). The molecule has 0 N–H and O–H groups in total. The zero-order chi connectivity index (χ0) is 14.7. The minimum absolute atomic E-state index is 0.800. The summed E-state index contributed by atoms with van der Waals surface area (Å²) in [6, 6.07) is 0. The Balaban J connectivity index is 1.88. The quantitative estimate of drug-likeness (QED) is 0.401. The Morgan fingerprint density at radius 2 is 1.80 bits per heavy atom. The highest BCUT2D eigenvalue weighted by Gasteiger charge is 2.71. The minimum atomic E-state index is 0.800. The van der Waals surface area contributed by atoms with Crippen LogP contribution in [-0.2, 0) is 0 Å². The van der Waals surface area contributed by atoms with E-state index in [1.165, 1.54) is 44.9 Å². The van der Waals surface area contributed by atoms with Gasteiger partial charge in [0.15, 0.2) is 0 Å². The van der Waals surface area contributed by atoms with E-state index >= 15 is 0 Å². The first-order valence-electron chi connectivity index (χ1n) is 9.34. The summed E-state index contributed by atoms with van der Waals surface area (Å²) < 4.78 is 0. The van der Waals surface area contributed by atoms with Crippen LogP contribution in [0.3, 0.4) is 0 Å². The second-order valence-corrected chi connectivity index (χ2v) is 7.57. The largest absolute Gasteiger partial charge is 0.0848 e.